The van der Waals surface area contributed by atoms with Crippen molar-refractivity contribution >= 4 is 13.7 Å². The van der Waals surface area contributed by atoms with E-state index in [9.17, 15) is 19.4 Å². The average Bonchev–Trinajstić information content (AvgIpc) is 3.06. The first-order valence-electron chi connectivity index (χ1n) is 20.4. The van der Waals surface area contributed by atoms with Crippen molar-refractivity contribution in [3.05, 3.63) is 36.5 Å². The lowest BCUT2D eigenvalue weighted by atomic mass is 10.0. The fourth-order valence-electron chi connectivity index (χ4n) is 5.56. The Balaban J connectivity index is 4.53. The number of unbranched alkanes of at least 4 members (excludes halogenated alkanes) is 20. The van der Waals surface area contributed by atoms with Crippen molar-refractivity contribution in [1.29, 1.82) is 0 Å². The monoisotopic (exact) mass is 728 g/mol. The van der Waals surface area contributed by atoms with E-state index in [1.54, 1.807) is 6.08 Å². The first kappa shape index (κ1) is 48.7. The molecular weight excluding hydrogens is 647 g/mol. The van der Waals surface area contributed by atoms with Crippen LogP contribution < -0.4 is 5.32 Å². The lowest BCUT2D eigenvalue weighted by molar-refractivity contribution is -0.870. The number of carbonyl (C=O) groups excluding carboxylic acids is 1. The van der Waals surface area contributed by atoms with E-state index in [2.05, 4.69) is 43.5 Å². The van der Waals surface area contributed by atoms with Crippen LogP contribution in [0, 0.1) is 0 Å². The van der Waals surface area contributed by atoms with Gasteiger partial charge in [-0.25, -0.2) is 4.57 Å². The number of aliphatic hydroxyl groups is 1. The molecule has 0 fully saturated rings. The van der Waals surface area contributed by atoms with Crippen LogP contribution in [0.4, 0.5) is 0 Å². The predicted molar refractivity (Wildman–Crippen MR) is 212 cm³/mol. The van der Waals surface area contributed by atoms with Gasteiger partial charge >= 0.3 is 7.82 Å². The number of hydrogen-bond acceptors (Lipinski definition) is 5. The molecule has 1 amide bonds. The Labute approximate surface area is 308 Å². The van der Waals surface area contributed by atoms with Gasteiger partial charge in [-0.3, -0.25) is 13.8 Å². The molecule has 294 valence electrons. The van der Waals surface area contributed by atoms with Crippen LogP contribution in [0.25, 0.3) is 0 Å². The lowest BCUT2D eigenvalue weighted by Crippen LogP contribution is -2.45. The van der Waals surface area contributed by atoms with Crippen LogP contribution in [0.2, 0.25) is 0 Å². The summed E-state index contributed by atoms with van der Waals surface area (Å²) in [5, 5.41) is 13.8. The van der Waals surface area contributed by atoms with Gasteiger partial charge in [0.2, 0.25) is 5.91 Å². The van der Waals surface area contributed by atoms with Crippen LogP contribution in [0.5, 0.6) is 0 Å². The van der Waals surface area contributed by atoms with Crippen LogP contribution in [-0.4, -0.2) is 73.4 Å². The first-order valence-corrected chi connectivity index (χ1v) is 21.9. The second-order valence-corrected chi connectivity index (χ2v) is 16.5. The number of rotatable bonds is 36. The molecule has 0 aromatic rings. The van der Waals surface area contributed by atoms with Crippen molar-refractivity contribution in [1.82, 2.24) is 5.32 Å². The third-order valence-corrected chi connectivity index (χ3v) is 9.87. The smallest absolute Gasteiger partial charge is 0.387 e. The Morgan fingerprint density at radius 2 is 1.12 bits per heavy atom. The minimum atomic E-state index is -4.33. The molecule has 3 N–H and O–H groups in total. The maximum atomic E-state index is 12.8. The van der Waals surface area contributed by atoms with Crippen LogP contribution >= 0.6 is 7.82 Å². The molecule has 0 aliphatic rings. The molecule has 0 bridgehead atoms. The minimum Gasteiger partial charge on any atom is -0.387 e. The van der Waals surface area contributed by atoms with Crippen molar-refractivity contribution in [2.45, 2.75) is 180 Å². The molecule has 3 atom stereocenters. The van der Waals surface area contributed by atoms with E-state index in [0.29, 0.717) is 17.4 Å². The summed E-state index contributed by atoms with van der Waals surface area (Å²) in [6, 6.07) is -0.849. The highest BCUT2D eigenvalue weighted by Crippen LogP contribution is 2.43. The van der Waals surface area contributed by atoms with Gasteiger partial charge in [-0.05, 0) is 44.9 Å². The molecule has 0 saturated carbocycles. The van der Waals surface area contributed by atoms with Crippen molar-refractivity contribution < 1.29 is 32.9 Å². The molecule has 0 aliphatic carbocycles. The third kappa shape index (κ3) is 35.1. The largest absolute Gasteiger partial charge is 0.472 e. The highest BCUT2D eigenvalue weighted by molar-refractivity contribution is 7.47. The first-order chi connectivity index (χ1) is 24.0. The maximum absolute atomic E-state index is 12.8. The number of phosphoric acid groups is 1. The van der Waals surface area contributed by atoms with Gasteiger partial charge < -0.3 is 19.8 Å². The number of likely N-dealkylation sites (N-methyl/N-ethyl adjacent to an activating group) is 1. The number of quaternary nitrogens is 1. The van der Waals surface area contributed by atoms with Gasteiger partial charge in [-0.1, -0.05) is 153 Å². The van der Waals surface area contributed by atoms with Crippen molar-refractivity contribution in [2.24, 2.45) is 0 Å². The highest BCUT2D eigenvalue weighted by Gasteiger charge is 2.27. The fraction of sp³-hybridized carbons (Fsp3) is 0.829. The number of phosphoric ester groups is 1. The Morgan fingerprint density at radius 3 is 1.64 bits per heavy atom. The van der Waals surface area contributed by atoms with Crippen molar-refractivity contribution in [3.8, 4) is 0 Å². The SMILES string of the molecule is CCCCC/C=C\C=C/CCCCCCCCC(=O)NC(COP(=O)(O)OCC[N+](C)(C)C)C(O)/C=C/CCCCCCCCCCCCC. The number of allylic oxidation sites excluding steroid dienone is 5. The summed E-state index contributed by atoms with van der Waals surface area (Å²) in [5.41, 5.74) is 0. The summed E-state index contributed by atoms with van der Waals surface area (Å²) in [4.78, 5) is 23.0. The van der Waals surface area contributed by atoms with Gasteiger partial charge in [0.15, 0.2) is 0 Å². The number of nitrogens with zero attached hydrogens (tertiary/aromatic N) is 1. The zero-order valence-corrected chi connectivity index (χ0v) is 34.0. The molecule has 0 rings (SSSR count). The van der Waals surface area contributed by atoms with Gasteiger partial charge in [0.25, 0.3) is 0 Å². The Hall–Kier alpha value is -1.28. The topological polar surface area (TPSA) is 105 Å². The van der Waals surface area contributed by atoms with E-state index in [1.165, 1.54) is 96.3 Å². The summed E-state index contributed by atoms with van der Waals surface area (Å²) < 4.78 is 23.5. The van der Waals surface area contributed by atoms with Crippen molar-refractivity contribution in [2.75, 3.05) is 40.9 Å². The second kappa shape index (κ2) is 33.5. The molecule has 0 heterocycles. The standard InChI is InChI=1S/C41H79N2O6P/c1-6-8-10-12-14-16-18-20-21-23-25-27-29-31-33-35-41(45)42-39(38-49-50(46,47)48-37-36-43(3,4)5)40(44)34-32-30-28-26-24-22-19-17-15-13-11-9-7-2/h14,16,18,20,32,34,39-40,44H,6-13,15,17,19,21-31,33,35-38H2,1-5H3,(H-,42,45,46,47)/p+1/b16-14-,20-18-,34-32+. The normalized spacial score (nSPS) is 14.9. The quantitative estimate of drug-likeness (QED) is 0.0195. The highest BCUT2D eigenvalue weighted by atomic mass is 31.2. The van der Waals surface area contributed by atoms with E-state index in [1.807, 2.05) is 27.2 Å². The Kier molecular flexibility index (Phi) is 32.7. The van der Waals surface area contributed by atoms with Gasteiger partial charge in [0.05, 0.1) is 39.9 Å². The number of hydrogen-bond donors (Lipinski definition) is 3. The van der Waals surface area contributed by atoms with Crippen LogP contribution in [0.1, 0.15) is 168 Å². The van der Waals surface area contributed by atoms with Gasteiger partial charge in [0, 0.05) is 6.42 Å². The van der Waals surface area contributed by atoms with Gasteiger partial charge in [-0.15, -0.1) is 0 Å². The maximum Gasteiger partial charge on any atom is 0.472 e. The minimum absolute atomic E-state index is 0.0585. The fourth-order valence-corrected chi connectivity index (χ4v) is 6.30. The van der Waals surface area contributed by atoms with E-state index in [-0.39, 0.29) is 19.1 Å². The lowest BCUT2D eigenvalue weighted by Gasteiger charge is -2.25. The van der Waals surface area contributed by atoms with E-state index >= 15 is 0 Å². The van der Waals surface area contributed by atoms with Crippen LogP contribution in [-0.2, 0) is 18.4 Å². The molecular formula is C41H80N2O6P+. The molecule has 0 radical (unpaired) electrons. The van der Waals surface area contributed by atoms with E-state index < -0.39 is 20.0 Å². The molecule has 9 heteroatoms. The number of amides is 1. The average molecular weight is 728 g/mol. The molecule has 3 unspecified atom stereocenters. The molecule has 0 saturated heterocycles. The van der Waals surface area contributed by atoms with E-state index in [0.717, 1.165) is 51.4 Å². The molecule has 0 aromatic heterocycles. The molecule has 50 heavy (non-hydrogen) atoms. The van der Waals surface area contributed by atoms with Gasteiger partial charge in [-0.2, -0.15) is 0 Å². The Bertz CT molecular complexity index is 917. The summed E-state index contributed by atoms with van der Waals surface area (Å²) in [5.74, 6) is -0.192. The predicted octanol–water partition coefficient (Wildman–Crippen LogP) is 10.7. The van der Waals surface area contributed by atoms with Gasteiger partial charge in [0.1, 0.15) is 13.2 Å². The summed E-state index contributed by atoms with van der Waals surface area (Å²) >= 11 is 0. The van der Waals surface area contributed by atoms with Crippen LogP contribution in [0.3, 0.4) is 0 Å². The summed E-state index contributed by atoms with van der Waals surface area (Å²) in [6.45, 7) is 4.75. The number of aliphatic hydroxyl groups excluding tert-OH is 1. The molecule has 0 aliphatic heterocycles. The zero-order chi connectivity index (χ0) is 37.2. The van der Waals surface area contributed by atoms with E-state index in [4.69, 9.17) is 9.05 Å². The summed E-state index contributed by atoms with van der Waals surface area (Å²) in [6.07, 6.45) is 39.1. The second-order valence-electron chi connectivity index (χ2n) is 15.0. The number of nitrogens with one attached hydrogen (secondary N) is 1. The molecule has 0 aromatic carbocycles. The van der Waals surface area contributed by atoms with Crippen molar-refractivity contribution in [3.63, 3.8) is 0 Å². The van der Waals surface area contributed by atoms with Crippen LogP contribution in [0.15, 0.2) is 36.5 Å². The molecule has 0 spiro atoms. The summed E-state index contributed by atoms with van der Waals surface area (Å²) in [7, 11) is 1.56. The zero-order valence-electron chi connectivity index (χ0n) is 33.1. The third-order valence-electron chi connectivity index (χ3n) is 8.88. The Morgan fingerprint density at radius 1 is 0.680 bits per heavy atom. The molecule has 8 nitrogen and oxygen atoms in total. The number of carbonyl (C=O) groups is 1.